The third-order valence-corrected chi connectivity index (χ3v) is 1.31. The monoisotopic (exact) mass is 257 g/mol. The minimum atomic E-state index is 0.292. The summed E-state index contributed by atoms with van der Waals surface area (Å²) < 4.78 is 0. The molecule has 0 N–H and O–H groups in total. The number of nitrogens with zero attached hydrogens (tertiary/aromatic N) is 1. The molecular weight excluding hydrogens is 250 g/mol. The van der Waals surface area contributed by atoms with Crippen molar-refractivity contribution in [3.05, 3.63) is 0 Å². The van der Waals surface area contributed by atoms with Crippen molar-refractivity contribution >= 4 is 34.2 Å². The molecule has 0 aromatic carbocycles. The highest BCUT2D eigenvalue weighted by Gasteiger charge is 2.14. The van der Waals surface area contributed by atoms with Gasteiger partial charge in [-0.2, -0.15) is 0 Å². The van der Waals surface area contributed by atoms with Crippen molar-refractivity contribution in [1.82, 2.24) is 4.90 Å². The quantitative estimate of drug-likeness (QED) is 0.650. The number of rotatable bonds is 0. The summed E-state index contributed by atoms with van der Waals surface area (Å²) in [7, 11) is 1.84. The van der Waals surface area contributed by atoms with Crippen molar-refractivity contribution in [2.75, 3.05) is 13.6 Å². The van der Waals surface area contributed by atoms with E-state index in [9.17, 15) is 4.79 Å². The van der Waals surface area contributed by atoms with Crippen LogP contribution >= 0.6 is 28.3 Å². The molecule has 2 nitrogen and oxygen atoms in total. The highest BCUT2D eigenvalue weighted by molar-refractivity contribution is 9.93. The van der Waals surface area contributed by atoms with E-state index in [1.54, 1.807) is 4.90 Å². The van der Waals surface area contributed by atoms with Crippen LogP contribution in [0.2, 0.25) is 0 Å². The first-order valence-electron chi connectivity index (χ1n) is 2.69. The molecular formula is C5H9Br2NO. The molecule has 1 aliphatic heterocycles. The fourth-order valence-electron chi connectivity index (χ4n) is 0.783. The van der Waals surface area contributed by atoms with Gasteiger partial charge < -0.3 is 4.90 Å². The molecule has 54 valence electrons. The lowest BCUT2D eigenvalue weighted by Gasteiger charge is -2.03. The van der Waals surface area contributed by atoms with Gasteiger partial charge in [0.2, 0.25) is 5.91 Å². The Hall–Kier alpha value is 0.430. The Balaban J connectivity index is 0.000000291. The van der Waals surface area contributed by atoms with Gasteiger partial charge in [0.15, 0.2) is 0 Å². The maximum absolute atomic E-state index is 10.5. The molecule has 1 amide bonds. The lowest BCUT2D eigenvalue weighted by atomic mass is 10.4. The van der Waals surface area contributed by atoms with Crippen LogP contribution in [0, 0.1) is 0 Å². The van der Waals surface area contributed by atoms with Crippen molar-refractivity contribution in [1.29, 1.82) is 0 Å². The molecule has 0 bridgehead atoms. The molecule has 0 aliphatic carbocycles. The van der Waals surface area contributed by atoms with Gasteiger partial charge in [0, 0.05) is 48.3 Å². The summed E-state index contributed by atoms with van der Waals surface area (Å²) in [6.07, 6.45) is 1.81. The first-order valence-corrected chi connectivity index (χ1v) is 6.40. The van der Waals surface area contributed by atoms with Crippen LogP contribution in [0.25, 0.3) is 0 Å². The Bertz CT molecular complexity index is 97.0. The van der Waals surface area contributed by atoms with Crippen molar-refractivity contribution in [3.8, 4) is 0 Å². The molecule has 9 heavy (non-hydrogen) atoms. The predicted octanol–water partition coefficient (Wildman–Crippen LogP) is 1.93. The van der Waals surface area contributed by atoms with E-state index in [1.165, 1.54) is 0 Å². The molecule has 0 unspecified atom stereocenters. The van der Waals surface area contributed by atoms with Crippen molar-refractivity contribution in [3.63, 3.8) is 0 Å². The van der Waals surface area contributed by atoms with Gasteiger partial charge >= 0.3 is 0 Å². The first-order chi connectivity index (χ1) is 4.30. The van der Waals surface area contributed by atoms with Gasteiger partial charge in [-0.25, -0.2) is 0 Å². The van der Waals surface area contributed by atoms with Crippen LogP contribution in [0.4, 0.5) is 0 Å². The van der Waals surface area contributed by atoms with Crippen LogP contribution < -0.4 is 0 Å². The Morgan fingerprint density at radius 1 is 1.56 bits per heavy atom. The average molecular weight is 259 g/mol. The molecule has 1 rings (SSSR count). The zero-order chi connectivity index (χ0) is 7.28. The summed E-state index contributed by atoms with van der Waals surface area (Å²) in [5.41, 5.74) is 0. The van der Waals surface area contributed by atoms with Gasteiger partial charge in [-0.1, -0.05) is 0 Å². The van der Waals surface area contributed by atoms with Crippen LogP contribution in [-0.2, 0) is 4.79 Å². The van der Waals surface area contributed by atoms with Gasteiger partial charge in [0.25, 0.3) is 0 Å². The number of carbonyl (C=O) groups is 1. The van der Waals surface area contributed by atoms with Crippen LogP contribution in [0.3, 0.4) is 0 Å². The summed E-state index contributed by atoms with van der Waals surface area (Å²) in [5, 5.41) is 0. The molecule has 0 aromatic rings. The van der Waals surface area contributed by atoms with Crippen molar-refractivity contribution < 1.29 is 4.79 Å². The maximum atomic E-state index is 10.5. The minimum Gasteiger partial charge on any atom is -0.346 e. The molecule has 1 fully saturated rings. The molecule has 0 saturated carbocycles. The second-order valence-electron chi connectivity index (χ2n) is 1.92. The summed E-state index contributed by atoms with van der Waals surface area (Å²) in [6, 6.07) is 0. The highest BCUT2D eigenvalue weighted by atomic mass is 80.9. The zero-order valence-corrected chi connectivity index (χ0v) is 8.40. The Morgan fingerprint density at radius 2 is 2.11 bits per heavy atom. The van der Waals surface area contributed by atoms with E-state index >= 15 is 0 Å². The molecule has 0 radical (unpaired) electrons. The number of likely N-dealkylation sites (tertiary alicyclic amines) is 1. The predicted molar refractivity (Wildman–Crippen MR) is 44.7 cm³/mol. The largest absolute Gasteiger partial charge is 0.346 e. The van der Waals surface area contributed by atoms with Crippen LogP contribution in [-0.4, -0.2) is 24.4 Å². The van der Waals surface area contributed by atoms with Crippen molar-refractivity contribution in [2.24, 2.45) is 0 Å². The SMILES string of the molecule is BrBr.CN1CCCC1=O. The molecule has 1 aliphatic rings. The summed E-state index contributed by atoms with van der Waals surface area (Å²) >= 11 is 5.50. The molecule has 4 heteroatoms. The van der Waals surface area contributed by atoms with Gasteiger partial charge in [-0.15, -0.1) is 0 Å². The normalized spacial score (nSPS) is 17.2. The maximum Gasteiger partial charge on any atom is 0.222 e. The number of halogens is 2. The number of hydrogen-bond donors (Lipinski definition) is 0. The Kier molecular flexibility index (Phi) is 5.48. The summed E-state index contributed by atoms with van der Waals surface area (Å²) in [6.45, 7) is 0.957. The average Bonchev–Trinajstić information content (AvgIpc) is 2.23. The van der Waals surface area contributed by atoms with E-state index in [4.69, 9.17) is 0 Å². The second kappa shape index (κ2) is 5.23. The highest BCUT2D eigenvalue weighted by Crippen LogP contribution is 2.04. The lowest BCUT2D eigenvalue weighted by Crippen LogP contribution is -2.17. The smallest absolute Gasteiger partial charge is 0.222 e. The Labute approximate surface area is 70.4 Å². The van der Waals surface area contributed by atoms with E-state index < -0.39 is 0 Å². The van der Waals surface area contributed by atoms with Gasteiger partial charge in [0.1, 0.15) is 0 Å². The number of carbonyl (C=O) groups excluding carboxylic acids is 1. The first kappa shape index (κ1) is 9.43. The van der Waals surface area contributed by atoms with Gasteiger partial charge in [-0.3, -0.25) is 4.79 Å². The van der Waals surface area contributed by atoms with Crippen LogP contribution in [0.1, 0.15) is 12.8 Å². The number of hydrogen-bond acceptors (Lipinski definition) is 1. The fraction of sp³-hybridized carbons (Fsp3) is 0.800. The summed E-state index contributed by atoms with van der Waals surface area (Å²) in [4.78, 5) is 12.3. The summed E-state index contributed by atoms with van der Waals surface area (Å²) in [5.74, 6) is 0.292. The third-order valence-electron chi connectivity index (χ3n) is 1.31. The van der Waals surface area contributed by atoms with E-state index in [2.05, 4.69) is 28.3 Å². The molecule has 0 spiro atoms. The second-order valence-corrected chi connectivity index (χ2v) is 1.92. The Morgan fingerprint density at radius 3 is 2.22 bits per heavy atom. The molecule has 0 atom stereocenters. The fourth-order valence-corrected chi connectivity index (χ4v) is 0.783. The molecule has 0 aromatic heterocycles. The minimum absolute atomic E-state index is 0.292. The molecule has 1 saturated heterocycles. The lowest BCUT2D eigenvalue weighted by molar-refractivity contribution is -0.126. The van der Waals surface area contributed by atoms with Gasteiger partial charge in [-0.05, 0) is 6.42 Å². The van der Waals surface area contributed by atoms with E-state index in [-0.39, 0.29) is 0 Å². The number of amides is 1. The van der Waals surface area contributed by atoms with Gasteiger partial charge in [0.05, 0.1) is 0 Å². The topological polar surface area (TPSA) is 20.3 Å². The van der Waals surface area contributed by atoms with Crippen LogP contribution in [0.5, 0.6) is 0 Å². The molecule has 1 heterocycles. The zero-order valence-electron chi connectivity index (χ0n) is 5.23. The van der Waals surface area contributed by atoms with E-state index in [1.807, 2.05) is 7.05 Å². The van der Waals surface area contributed by atoms with Crippen LogP contribution in [0.15, 0.2) is 0 Å². The third kappa shape index (κ3) is 3.20. The van der Waals surface area contributed by atoms with E-state index in [0.717, 1.165) is 19.4 Å². The standard InChI is InChI=1S/C5H9NO.Br2/c1-6-4-2-3-5(6)7;1-2/h2-4H2,1H3;. The van der Waals surface area contributed by atoms with E-state index in [0.29, 0.717) is 5.91 Å². The van der Waals surface area contributed by atoms with Crippen molar-refractivity contribution in [2.45, 2.75) is 12.8 Å².